The van der Waals surface area contributed by atoms with E-state index in [0.29, 0.717) is 9.84 Å². The van der Waals surface area contributed by atoms with Gasteiger partial charge < -0.3 is 0 Å². The largest absolute Gasteiger partial charge is 0.0813 e. The van der Waals surface area contributed by atoms with Gasteiger partial charge in [0.1, 0.15) is 0 Å². The van der Waals surface area contributed by atoms with Gasteiger partial charge in [-0.25, -0.2) is 0 Å². The summed E-state index contributed by atoms with van der Waals surface area (Å²) in [5.74, 6) is 2.32. The second-order valence-electron chi connectivity index (χ2n) is 16.6. The zero-order valence-corrected chi connectivity index (χ0v) is 33.3. The van der Waals surface area contributed by atoms with Crippen LogP contribution in [0.3, 0.4) is 0 Å². The molecule has 2 saturated carbocycles. The minimum absolute atomic E-state index is 0.0584. The van der Waals surface area contributed by atoms with E-state index in [-0.39, 0.29) is 5.41 Å². The van der Waals surface area contributed by atoms with Crippen molar-refractivity contribution >= 4 is 44.1 Å². The van der Waals surface area contributed by atoms with Gasteiger partial charge in [0.15, 0.2) is 0 Å². The van der Waals surface area contributed by atoms with Gasteiger partial charge in [0.05, 0.1) is 0 Å². The molecule has 5 unspecified atom stereocenters. The molecule has 0 saturated heterocycles. The van der Waals surface area contributed by atoms with E-state index < -0.39 is 0 Å². The lowest BCUT2D eigenvalue weighted by Crippen LogP contribution is -2.50. The Morgan fingerprint density at radius 1 is 0.400 bits per heavy atom. The smallest absolute Gasteiger partial charge is 0.0361 e. The van der Waals surface area contributed by atoms with Crippen molar-refractivity contribution in [1.82, 2.24) is 0 Å². The molecule has 1 spiro atoms. The highest BCUT2D eigenvalue weighted by molar-refractivity contribution is 14.1. The van der Waals surface area contributed by atoms with Crippen LogP contribution in [0, 0.1) is 17.8 Å². The lowest BCUT2D eigenvalue weighted by molar-refractivity contribution is 0.0955. The van der Waals surface area contributed by atoms with E-state index in [2.05, 4.69) is 199 Å². The van der Waals surface area contributed by atoms with E-state index in [0.717, 1.165) is 11.8 Å². The van der Waals surface area contributed by atoms with Crippen LogP contribution in [0.15, 0.2) is 170 Å². The summed E-state index contributed by atoms with van der Waals surface area (Å²) >= 11 is 2.88. The molecule has 11 rings (SSSR count). The fourth-order valence-corrected chi connectivity index (χ4v) is 13.4. The monoisotopic (exact) mass is 818 g/mol. The van der Waals surface area contributed by atoms with Crippen molar-refractivity contribution in [1.29, 1.82) is 0 Å². The minimum Gasteiger partial charge on any atom is -0.0813 e. The highest BCUT2D eigenvalue weighted by Gasteiger charge is 2.57. The summed E-state index contributed by atoms with van der Waals surface area (Å²) in [6, 6.07) is 64.0. The fraction of sp³-hybridized carbons (Fsp3) is 0.185. The van der Waals surface area contributed by atoms with Crippen LogP contribution in [0.5, 0.6) is 0 Å². The number of rotatable bonds is 4. The van der Waals surface area contributed by atoms with E-state index in [9.17, 15) is 0 Å². The molecule has 0 radical (unpaired) electrons. The summed E-state index contributed by atoms with van der Waals surface area (Å²) in [7, 11) is 0. The average Bonchev–Trinajstić information content (AvgIpc) is 3.54. The summed E-state index contributed by atoms with van der Waals surface area (Å²) in [6.07, 6.45) is 5.40. The van der Waals surface area contributed by atoms with Gasteiger partial charge in [0.2, 0.25) is 0 Å². The first-order valence-electron chi connectivity index (χ1n) is 20.2. The van der Waals surface area contributed by atoms with Gasteiger partial charge >= 0.3 is 0 Å². The molecule has 8 aromatic rings. The molecular weight excluding hydrogens is 775 g/mol. The molecule has 5 atom stereocenters. The van der Waals surface area contributed by atoms with Gasteiger partial charge in [0.25, 0.3) is 0 Å². The van der Waals surface area contributed by atoms with Crippen molar-refractivity contribution < 1.29 is 0 Å². The zero-order chi connectivity index (χ0) is 36.7. The van der Waals surface area contributed by atoms with Gasteiger partial charge in [-0.05, 0) is 132 Å². The van der Waals surface area contributed by atoms with Crippen LogP contribution in [0.1, 0.15) is 43.7 Å². The van der Waals surface area contributed by atoms with E-state index in [1.807, 2.05) is 0 Å². The van der Waals surface area contributed by atoms with Crippen LogP contribution in [-0.2, 0) is 5.41 Å². The van der Waals surface area contributed by atoms with Crippen LogP contribution in [-0.4, -0.2) is 3.92 Å². The SMILES string of the molecule is CC1CC2CC(I)C3(c4ccccc4-c4c(-c5c6ccccc6c(-c6ccc(-c7ccc(-c8ccccc8)cc7)cc6)c6ccccc56)cccc43)C(C1)C2. The standard InChI is InChI=1S/C54H43I/c1-34-30-35-32-41(31-34)54(50(55)33-35)48-20-10-9-18-46(48)53-47(19-11-21-49(53)54)52-44-16-7-5-14-42(44)51(43-15-6-8-17-45(43)52)40-28-26-39(27-29-40)38-24-22-37(23-25-38)36-12-3-2-4-13-36/h2-29,34-35,41,50H,30-33H2,1H3. The van der Waals surface area contributed by atoms with Crippen molar-refractivity contribution in [3.05, 3.63) is 181 Å². The van der Waals surface area contributed by atoms with E-state index in [1.165, 1.54) is 103 Å². The van der Waals surface area contributed by atoms with Gasteiger partial charge in [-0.15, -0.1) is 0 Å². The Kier molecular flexibility index (Phi) is 7.92. The Morgan fingerprint density at radius 2 is 0.891 bits per heavy atom. The maximum atomic E-state index is 2.88. The number of benzene rings is 8. The maximum absolute atomic E-state index is 2.88. The molecule has 0 nitrogen and oxygen atoms in total. The van der Waals surface area contributed by atoms with Crippen molar-refractivity contribution in [3.8, 4) is 55.6 Å². The third-order valence-electron chi connectivity index (χ3n) is 13.6. The number of hydrogen-bond donors (Lipinski definition) is 0. The first-order valence-corrected chi connectivity index (χ1v) is 21.4. The summed E-state index contributed by atoms with van der Waals surface area (Å²) in [4.78, 5) is 0. The number of halogens is 1. The van der Waals surface area contributed by atoms with Crippen LogP contribution < -0.4 is 0 Å². The Hall–Kier alpha value is -4.99. The predicted molar refractivity (Wildman–Crippen MR) is 242 cm³/mol. The molecule has 55 heavy (non-hydrogen) atoms. The lowest BCUT2D eigenvalue weighted by Gasteiger charge is -2.53. The van der Waals surface area contributed by atoms with E-state index >= 15 is 0 Å². The average molecular weight is 819 g/mol. The van der Waals surface area contributed by atoms with Crippen molar-refractivity contribution in [2.24, 2.45) is 17.8 Å². The predicted octanol–water partition coefficient (Wildman–Crippen LogP) is 15.2. The molecule has 0 N–H and O–H groups in total. The molecule has 3 aliphatic rings. The van der Waals surface area contributed by atoms with Crippen LogP contribution in [0.25, 0.3) is 77.2 Å². The molecule has 0 amide bonds. The van der Waals surface area contributed by atoms with Crippen LogP contribution in [0.2, 0.25) is 0 Å². The van der Waals surface area contributed by atoms with Crippen LogP contribution in [0.4, 0.5) is 0 Å². The molecule has 2 bridgehead atoms. The lowest BCUT2D eigenvalue weighted by atomic mass is 9.53. The summed E-state index contributed by atoms with van der Waals surface area (Å²) in [5.41, 5.74) is 16.4. The molecule has 8 aromatic carbocycles. The Labute approximate surface area is 338 Å². The van der Waals surface area contributed by atoms with Crippen LogP contribution >= 0.6 is 22.6 Å². The topological polar surface area (TPSA) is 0 Å². The quantitative estimate of drug-likeness (QED) is 0.0943. The molecule has 1 heteroatoms. The Bertz CT molecular complexity index is 2680. The summed E-state index contributed by atoms with van der Waals surface area (Å²) in [6.45, 7) is 2.51. The molecule has 0 aromatic heterocycles. The van der Waals surface area contributed by atoms with Gasteiger partial charge in [0, 0.05) is 9.34 Å². The minimum atomic E-state index is 0.0584. The Morgan fingerprint density at radius 3 is 1.53 bits per heavy atom. The maximum Gasteiger partial charge on any atom is 0.0361 e. The number of hydrogen-bond acceptors (Lipinski definition) is 0. The number of alkyl halides is 1. The molecule has 0 aliphatic heterocycles. The third kappa shape index (κ3) is 5.08. The molecule has 0 heterocycles. The van der Waals surface area contributed by atoms with Crippen molar-refractivity contribution in [2.75, 3.05) is 0 Å². The summed E-state index contributed by atoms with van der Waals surface area (Å²) < 4.78 is 0.583. The van der Waals surface area contributed by atoms with Gasteiger partial charge in [-0.3, -0.25) is 0 Å². The first-order chi connectivity index (χ1) is 27.1. The first kappa shape index (κ1) is 33.4. The van der Waals surface area contributed by atoms with Crippen molar-refractivity contribution in [3.63, 3.8) is 0 Å². The van der Waals surface area contributed by atoms with E-state index in [1.54, 1.807) is 11.1 Å². The van der Waals surface area contributed by atoms with Gasteiger partial charge in [-0.2, -0.15) is 0 Å². The molecule has 266 valence electrons. The molecular formula is C54H43I. The summed E-state index contributed by atoms with van der Waals surface area (Å²) in [5, 5.41) is 5.26. The van der Waals surface area contributed by atoms with Crippen molar-refractivity contribution in [2.45, 2.75) is 41.9 Å². The highest BCUT2D eigenvalue weighted by Crippen LogP contribution is 2.65. The second-order valence-corrected chi connectivity index (χ2v) is 18.1. The molecule has 2 fully saturated rings. The highest BCUT2D eigenvalue weighted by atomic mass is 127. The molecule has 3 aliphatic carbocycles. The third-order valence-corrected chi connectivity index (χ3v) is 15.1. The zero-order valence-electron chi connectivity index (χ0n) is 31.2. The second kappa shape index (κ2) is 13.1. The Balaban J connectivity index is 1.09. The normalized spacial score (nSPS) is 22.5. The van der Waals surface area contributed by atoms with Gasteiger partial charge in [-0.1, -0.05) is 199 Å². The number of fused-ring (bicyclic) bond motifs is 10. The fourth-order valence-electron chi connectivity index (χ4n) is 11.5. The van der Waals surface area contributed by atoms with E-state index in [4.69, 9.17) is 0 Å².